The van der Waals surface area contributed by atoms with Crippen LogP contribution < -0.4 is 10.5 Å². The van der Waals surface area contributed by atoms with Crippen LogP contribution in [0.25, 0.3) is 16.7 Å². The molecule has 0 unspecified atom stereocenters. The Hall–Kier alpha value is -4.01. The van der Waals surface area contributed by atoms with Gasteiger partial charge < -0.3 is 9.80 Å². The lowest BCUT2D eigenvalue weighted by atomic mass is 10.2. The first-order valence-electron chi connectivity index (χ1n) is 11.3. The summed E-state index contributed by atoms with van der Waals surface area (Å²) < 4.78 is 17.2. The predicted octanol–water partition coefficient (Wildman–Crippen LogP) is 2.77. The number of amides is 1. The van der Waals surface area contributed by atoms with Crippen LogP contribution in [-0.2, 0) is 11.3 Å². The Morgan fingerprint density at radius 2 is 1.71 bits per heavy atom. The molecule has 34 heavy (non-hydrogen) atoms. The molecule has 4 aromatic rings. The molecule has 1 aliphatic rings. The van der Waals surface area contributed by atoms with Crippen LogP contribution in [-0.4, -0.2) is 56.3 Å². The van der Waals surface area contributed by atoms with Crippen molar-refractivity contribution in [3.05, 3.63) is 82.8 Å². The van der Waals surface area contributed by atoms with Crippen molar-refractivity contribution in [3.63, 3.8) is 0 Å². The maximum Gasteiger partial charge on any atom is 0.264 e. The number of piperazine rings is 1. The van der Waals surface area contributed by atoms with E-state index in [1.165, 1.54) is 16.8 Å². The summed E-state index contributed by atoms with van der Waals surface area (Å²) in [5, 5.41) is 4.77. The maximum atomic E-state index is 14.1. The molecule has 8 nitrogen and oxygen atoms in total. The fourth-order valence-corrected chi connectivity index (χ4v) is 4.40. The molecule has 0 bridgehead atoms. The Bertz CT molecular complexity index is 1390. The molecular formula is C25H25FN6O2. The van der Waals surface area contributed by atoms with Crippen LogP contribution in [0.5, 0.6) is 0 Å². The number of para-hydroxylation sites is 2. The molecule has 0 N–H and O–H groups in total. The van der Waals surface area contributed by atoms with E-state index in [-0.39, 0.29) is 30.2 Å². The van der Waals surface area contributed by atoms with Crippen LogP contribution in [0.3, 0.4) is 0 Å². The molecule has 174 valence electrons. The van der Waals surface area contributed by atoms with Crippen molar-refractivity contribution in [2.24, 2.45) is 0 Å². The van der Waals surface area contributed by atoms with Gasteiger partial charge >= 0.3 is 0 Å². The number of fused-ring (bicyclic) bond motifs is 1. The Morgan fingerprint density at radius 3 is 2.44 bits per heavy atom. The van der Waals surface area contributed by atoms with Crippen molar-refractivity contribution in [3.8, 4) is 5.69 Å². The van der Waals surface area contributed by atoms with Crippen LogP contribution in [0.4, 0.5) is 10.1 Å². The first kappa shape index (κ1) is 21.8. The zero-order chi connectivity index (χ0) is 23.7. The van der Waals surface area contributed by atoms with Gasteiger partial charge in [-0.2, -0.15) is 5.10 Å². The molecule has 1 amide bonds. The van der Waals surface area contributed by atoms with E-state index in [4.69, 9.17) is 0 Å². The number of benzene rings is 2. The second kappa shape index (κ2) is 9.09. The third-order valence-electron chi connectivity index (χ3n) is 6.25. The number of halogens is 1. The first-order valence-corrected chi connectivity index (χ1v) is 11.3. The second-order valence-electron chi connectivity index (χ2n) is 8.31. The number of carbonyl (C=O) groups excluding carboxylic acids is 1. The summed E-state index contributed by atoms with van der Waals surface area (Å²) in [6, 6.07) is 16.2. The van der Waals surface area contributed by atoms with E-state index in [1.54, 1.807) is 28.6 Å². The molecule has 1 saturated heterocycles. The number of aryl methyl sites for hydroxylation is 1. The predicted molar refractivity (Wildman–Crippen MR) is 128 cm³/mol. The van der Waals surface area contributed by atoms with Crippen molar-refractivity contribution in [2.45, 2.75) is 19.9 Å². The van der Waals surface area contributed by atoms with E-state index in [2.05, 4.69) is 10.1 Å². The average molecular weight is 461 g/mol. The van der Waals surface area contributed by atoms with Gasteiger partial charge in [0, 0.05) is 39.1 Å². The molecule has 9 heteroatoms. The molecule has 1 fully saturated rings. The second-order valence-corrected chi connectivity index (χ2v) is 8.31. The number of aromatic nitrogens is 4. The quantitative estimate of drug-likeness (QED) is 0.458. The SMILES string of the molecule is Cc1nc2c(cnn2-c2ccccc2)c(=O)n1CCC(=O)N1CCN(c2ccccc2F)CC1. The normalized spacial score (nSPS) is 14.1. The van der Waals surface area contributed by atoms with Crippen molar-refractivity contribution in [1.29, 1.82) is 0 Å². The highest BCUT2D eigenvalue weighted by atomic mass is 19.1. The molecular weight excluding hydrogens is 435 g/mol. The average Bonchev–Trinajstić information content (AvgIpc) is 3.28. The van der Waals surface area contributed by atoms with Gasteiger partial charge in [-0.3, -0.25) is 14.2 Å². The first-order chi connectivity index (χ1) is 16.5. The molecule has 0 saturated carbocycles. The van der Waals surface area contributed by atoms with Crippen LogP contribution >= 0.6 is 0 Å². The highest BCUT2D eigenvalue weighted by Gasteiger charge is 2.23. The van der Waals surface area contributed by atoms with Gasteiger partial charge in [0.15, 0.2) is 5.65 Å². The molecule has 0 atom stereocenters. The van der Waals surface area contributed by atoms with Gasteiger partial charge in [-0.15, -0.1) is 0 Å². The van der Waals surface area contributed by atoms with E-state index in [0.717, 1.165) is 5.69 Å². The minimum absolute atomic E-state index is 0.0282. The van der Waals surface area contributed by atoms with Gasteiger partial charge in [-0.1, -0.05) is 30.3 Å². The van der Waals surface area contributed by atoms with E-state index >= 15 is 0 Å². The summed E-state index contributed by atoms with van der Waals surface area (Å²) in [7, 11) is 0. The summed E-state index contributed by atoms with van der Waals surface area (Å²) in [6.45, 7) is 4.18. The van der Waals surface area contributed by atoms with E-state index < -0.39 is 0 Å². The summed E-state index contributed by atoms with van der Waals surface area (Å²) in [5.41, 5.74) is 1.68. The summed E-state index contributed by atoms with van der Waals surface area (Å²) in [5.74, 6) is 0.252. The van der Waals surface area contributed by atoms with Crippen molar-refractivity contribution < 1.29 is 9.18 Å². The van der Waals surface area contributed by atoms with Crippen LogP contribution in [0.15, 0.2) is 65.6 Å². The van der Waals surface area contributed by atoms with Gasteiger partial charge in [-0.05, 0) is 31.2 Å². The minimum atomic E-state index is -0.254. The van der Waals surface area contributed by atoms with Crippen molar-refractivity contribution in [1.82, 2.24) is 24.2 Å². The topological polar surface area (TPSA) is 76.3 Å². The number of carbonyl (C=O) groups is 1. The van der Waals surface area contributed by atoms with Crippen LogP contribution in [0.2, 0.25) is 0 Å². The van der Waals surface area contributed by atoms with Gasteiger partial charge in [-0.25, -0.2) is 14.1 Å². The van der Waals surface area contributed by atoms with Crippen molar-refractivity contribution in [2.75, 3.05) is 31.1 Å². The molecule has 2 aromatic heterocycles. The molecule has 0 radical (unpaired) electrons. The van der Waals surface area contributed by atoms with Gasteiger partial charge in [0.05, 0.1) is 17.6 Å². The Balaban J connectivity index is 1.27. The molecule has 5 rings (SSSR count). The molecule has 2 aromatic carbocycles. The summed E-state index contributed by atoms with van der Waals surface area (Å²) in [6.07, 6.45) is 1.72. The monoisotopic (exact) mass is 460 g/mol. The molecule has 0 spiro atoms. The van der Waals surface area contributed by atoms with Gasteiger partial charge in [0.25, 0.3) is 5.56 Å². The molecule has 0 aliphatic carbocycles. The lowest BCUT2D eigenvalue weighted by Crippen LogP contribution is -2.49. The number of nitrogens with zero attached hydrogens (tertiary/aromatic N) is 6. The zero-order valence-corrected chi connectivity index (χ0v) is 18.9. The third kappa shape index (κ3) is 4.05. The largest absolute Gasteiger partial charge is 0.366 e. The Morgan fingerprint density at radius 1 is 1.00 bits per heavy atom. The number of anilines is 1. The molecule has 1 aliphatic heterocycles. The van der Waals surface area contributed by atoms with Gasteiger partial charge in [0.2, 0.25) is 5.91 Å². The Labute approximate surface area is 195 Å². The highest BCUT2D eigenvalue weighted by Crippen LogP contribution is 2.20. The lowest BCUT2D eigenvalue weighted by molar-refractivity contribution is -0.131. The van der Waals surface area contributed by atoms with Crippen molar-refractivity contribution >= 4 is 22.6 Å². The minimum Gasteiger partial charge on any atom is -0.366 e. The van der Waals surface area contributed by atoms with E-state index in [1.807, 2.05) is 41.3 Å². The Kier molecular flexibility index (Phi) is 5.83. The zero-order valence-electron chi connectivity index (χ0n) is 18.9. The van der Waals surface area contributed by atoms with E-state index in [9.17, 15) is 14.0 Å². The maximum absolute atomic E-state index is 14.1. The van der Waals surface area contributed by atoms with Gasteiger partial charge in [0.1, 0.15) is 17.0 Å². The standard InChI is InChI=1S/C25H25FN6O2/c1-18-28-24-20(17-27-32(24)19-7-3-2-4-8-19)25(34)31(18)12-11-23(33)30-15-13-29(14-16-30)22-10-6-5-9-21(22)26/h2-10,17H,11-16H2,1H3. The smallest absolute Gasteiger partial charge is 0.264 e. The number of hydrogen-bond donors (Lipinski definition) is 0. The fourth-order valence-electron chi connectivity index (χ4n) is 4.40. The van der Waals surface area contributed by atoms with Crippen LogP contribution in [0, 0.1) is 12.7 Å². The molecule has 3 heterocycles. The number of hydrogen-bond acceptors (Lipinski definition) is 5. The van der Waals surface area contributed by atoms with Crippen LogP contribution in [0.1, 0.15) is 12.2 Å². The summed E-state index contributed by atoms with van der Waals surface area (Å²) >= 11 is 0. The lowest BCUT2D eigenvalue weighted by Gasteiger charge is -2.36. The highest BCUT2D eigenvalue weighted by molar-refractivity contribution is 5.77. The van der Waals surface area contributed by atoms with E-state index in [0.29, 0.717) is 48.7 Å². The fraction of sp³-hybridized carbons (Fsp3) is 0.280. The third-order valence-corrected chi connectivity index (χ3v) is 6.25. The number of rotatable bonds is 5. The summed E-state index contributed by atoms with van der Waals surface area (Å²) in [4.78, 5) is 34.3.